The number of aliphatic imine (C=N–C) groups is 1. The smallest absolute Gasteiger partial charge is 0.434 e. The highest BCUT2D eigenvalue weighted by Gasteiger charge is 2.17. The van der Waals surface area contributed by atoms with Crippen LogP contribution in [0.2, 0.25) is 0 Å². The van der Waals surface area contributed by atoms with Gasteiger partial charge < -0.3 is 9.47 Å². The van der Waals surface area contributed by atoms with Crippen LogP contribution < -0.4 is 0 Å². The summed E-state index contributed by atoms with van der Waals surface area (Å²) in [5, 5.41) is 7.97. The Morgan fingerprint density at radius 3 is 2.64 bits per heavy atom. The fourth-order valence-electron chi connectivity index (χ4n) is 2.91. The third kappa shape index (κ3) is 4.62. The summed E-state index contributed by atoms with van der Waals surface area (Å²) in [7, 11) is 1.25. The molecule has 7 nitrogen and oxygen atoms in total. The number of nitrogens with one attached hydrogen (secondary N) is 1. The van der Waals surface area contributed by atoms with Crippen molar-refractivity contribution in [2.24, 2.45) is 4.99 Å². The summed E-state index contributed by atoms with van der Waals surface area (Å²) in [6.45, 7) is 2.12. The minimum absolute atomic E-state index is 0.00883. The Balaban J connectivity index is 1.79. The molecular formula is C21H21N3O4. The van der Waals surface area contributed by atoms with Crippen LogP contribution in [0.5, 0.6) is 0 Å². The summed E-state index contributed by atoms with van der Waals surface area (Å²) < 4.78 is 9.93. The molecule has 0 saturated heterocycles. The molecule has 0 unspecified atom stereocenters. The average Bonchev–Trinajstić information content (AvgIpc) is 3.20. The molecule has 144 valence electrons. The third-order valence-electron chi connectivity index (χ3n) is 4.30. The second kappa shape index (κ2) is 8.94. The highest BCUT2D eigenvalue weighted by molar-refractivity contribution is 6.38. The molecule has 0 fully saturated rings. The zero-order chi connectivity index (χ0) is 19.9. The van der Waals surface area contributed by atoms with E-state index in [1.807, 2.05) is 49.4 Å². The molecule has 0 aliphatic carbocycles. The van der Waals surface area contributed by atoms with Crippen LogP contribution in [0.3, 0.4) is 0 Å². The molecule has 1 N–H and O–H groups in total. The zero-order valence-electron chi connectivity index (χ0n) is 15.8. The van der Waals surface area contributed by atoms with Gasteiger partial charge in [0, 0.05) is 11.8 Å². The minimum Gasteiger partial charge on any atom is -0.465 e. The molecule has 0 aliphatic heterocycles. The van der Waals surface area contributed by atoms with Crippen LogP contribution in [0.15, 0.2) is 53.7 Å². The highest BCUT2D eigenvalue weighted by Crippen LogP contribution is 2.20. The van der Waals surface area contributed by atoms with Crippen molar-refractivity contribution in [1.82, 2.24) is 10.2 Å². The van der Waals surface area contributed by atoms with E-state index in [-0.39, 0.29) is 18.7 Å². The molecule has 0 saturated carbocycles. The van der Waals surface area contributed by atoms with Crippen molar-refractivity contribution in [2.75, 3.05) is 7.11 Å². The molecule has 0 aliphatic rings. The van der Waals surface area contributed by atoms with Crippen LogP contribution in [0, 0.1) is 0 Å². The Morgan fingerprint density at radius 1 is 1.14 bits per heavy atom. The normalized spacial score (nSPS) is 11.4. The van der Waals surface area contributed by atoms with Crippen LogP contribution in [-0.4, -0.2) is 35.1 Å². The number of ether oxygens (including phenoxy) is 2. The lowest BCUT2D eigenvalue weighted by molar-refractivity contribution is -0.132. The van der Waals surface area contributed by atoms with Crippen molar-refractivity contribution in [3.63, 3.8) is 0 Å². The predicted octanol–water partition coefficient (Wildman–Crippen LogP) is 3.62. The Labute approximate surface area is 162 Å². The van der Waals surface area contributed by atoms with Gasteiger partial charge >= 0.3 is 12.1 Å². The number of carbonyl (C=O) groups is 2. The molecule has 3 rings (SSSR count). The SMILES string of the molecule is CCc1cc(CC(=NC(=O)OCc2ccccc2)C(=O)OC)cc2cn[nH]c12. The molecule has 2 aromatic carbocycles. The van der Waals surface area contributed by atoms with Gasteiger partial charge in [0.25, 0.3) is 0 Å². The number of hydrogen-bond acceptors (Lipinski definition) is 5. The average molecular weight is 379 g/mol. The van der Waals surface area contributed by atoms with Crippen molar-refractivity contribution in [1.29, 1.82) is 0 Å². The fourth-order valence-corrected chi connectivity index (χ4v) is 2.91. The van der Waals surface area contributed by atoms with Gasteiger partial charge in [0.15, 0.2) is 0 Å². The van der Waals surface area contributed by atoms with E-state index >= 15 is 0 Å². The number of rotatable bonds is 6. The Bertz CT molecular complexity index is 1010. The number of fused-ring (bicyclic) bond motifs is 1. The maximum Gasteiger partial charge on any atom is 0.434 e. The van der Waals surface area contributed by atoms with E-state index in [0.717, 1.165) is 34.0 Å². The Hall–Kier alpha value is -3.48. The number of hydrogen-bond donors (Lipinski definition) is 1. The van der Waals surface area contributed by atoms with Gasteiger partial charge in [-0.1, -0.05) is 43.3 Å². The molecule has 0 spiro atoms. The molecule has 0 bridgehead atoms. The number of methoxy groups -OCH3 is 1. The predicted molar refractivity (Wildman–Crippen MR) is 105 cm³/mol. The van der Waals surface area contributed by atoms with Gasteiger partial charge in [-0.25, -0.2) is 9.59 Å². The first-order chi connectivity index (χ1) is 13.6. The fraction of sp³-hybridized carbons (Fsp3) is 0.238. The lowest BCUT2D eigenvalue weighted by Gasteiger charge is -2.08. The monoisotopic (exact) mass is 379 g/mol. The van der Waals surface area contributed by atoms with E-state index in [0.29, 0.717) is 0 Å². The van der Waals surface area contributed by atoms with Gasteiger partial charge in [-0.15, -0.1) is 0 Å². The maximum absolute atomic E-state index is 12.1. The Kier molecular flexibility index (Phi) is 6.16. The first-order valence-electron chi connectivity index (χ1n) is 8.92. The molecule has 0 radical (unpaired) electrons. The van der Waals surface area contributed by atoms with Crippen LogP contribution >= 0.6 is 0 Å². The van der Waals surface area contributed by atoms with E-state index in [9.17, 15) is 9.59 Å². The van der Waals surface area contributed by atoms with Crippen molar-refractivity contribution < 1.29 is 19.1 Å². The summed E-state index contributed by atoms with van der Waals surface area (Å²) in [6, 6.07) is 13.1. The number of esters is 1. The maximum atomic E-state index is 12.1. The number of carbonyl (C=O) groups excluding carboxylic acids is 2. The number of aromatic amines is 1. The molecule has 1 heterocycles. The lowest BCUT2D eigenvalue weighted by atomic mass is 10.0. The van der Waals surface area contributed by atoms with Crippen LogP contribution in [0.1, 0.15) is 23.6 Å². The van der Waals surface area contributed by atoms with E-state index in [1.54, 1.807) is 6.20 Å². The number of aryl methyl sites for hydroxylation is 1. The molecule has 1 amide bonds. The topological polar surface area (TPSA) is 93.6 Å². The number of benzene rings is 2. The third-order valence-corrected chi connectivity index (χ3v) is 4.30. The largest absolute Gasteiger partial charge is 0.465 e. The summed E-state index contributed by atoms with van der Waals surface area (Å²) >= 11 is 0. The Morgan fingerprint density at radius 2 is 1.93 bits per heavy atom. The van der Waals surface area contributed by atoms with Gasteiger partial charge in [-0.3, -0.25) is 5.10 Å². The first kappa shape index (κ1) is 19.3. The van der Waals surface area contributed by atoms with Gasteiger partial charge in [-0.2, -0.15) is 10.1 Å². The van der Waals surface area contributed by atoms with E-state index in [1.165, 1.54) is 7.11 Å². The van der Waals surface area contributed by atoms with Gasteiger partial charge in [0.1, 0.15) is 12.3 Å². The summed E-state index contributed by atoms with van der Waals surface area (Å²) in [4.78, 5) is 28.1. The molecule has 1 aromatic heterocycles. The molecular weight excluding hydrogens is 358 g/mol. The molecule has 0 atom stereocenters. The number of aromatic nitrogens is 2. The lowest BCUT2D eigenvalue weighted by Crippen LogP contribution is -2.20. The zero-order valence-corrected chi connectivity index (χ0v) is 15.8. The number of nitrogens with zero attached hydrogens (tertiary/aromatic N) is 2. The van der Waals surface area contributed by atoms with Crippen molar-refractivity contribution >= 4 is 28.7 Å². The van der Waals surface area contributed by atoms with Gasteiger partial charge in [-0.05, 0) is 29.2 Å². The second-order valence-corrected chi connectivity index (χ2v) is 6.21. The number of H-pyrrole nitrogens is 1. The standard InChI is InChI=1S/C21H21N3O4/c1-3-16-9-15(10-17-12-22-24-19(16)17)11-18(20(25)27-2)23-21(26)28-13-14-7-5-4-6-8-14/h4-10,12H,3,11,13H2,1-2H3,(H,22,24). The quantitative estimate of drug-likeness (QED) is 0.521. The van der Waals surface area contributed by atoms with Crippen molar-refractivity contribution in [3.05, 3.63) is 65.4 Å². The summed E-state index contributed by atoms with van der Waals surface area (Å²) in [5.74, 6) is -0.665. The van der Waals surface area contributed by atoms with Gasteiger partial charge in [0.05, 0.1) is 18.8 Å². The van der Waals surface area contributed by atoms with Crippen LogP contribution in [-0.2, 0) is 33.7 Å². The van der Waals surface area contributed by atoms with Crippen molar-refractivity contribution in [2.45, 2.75) is 26.4 Å². The molecule has 7 heteroatoms. The molecule has 28 heavy (non-hydrogen) atoms. The van der Waals surface area contributed by atoms with E-state index in [4.69, 9.17) is 9.47 Å². The second-order valence-electron chi connectivity index (χ2n) is 6.21. The summed E-state index contributed by atoms with van der Waals surface area (Å²) in [6.07, 6.45) is 1.85. The van der Waals surface area contributed by atoms with Crippen LogP contribution in [0.25, 0.3) is 10.9 Å². The van der Waals surface area contributed by atoms with Crippen LogP contribution in [0.4, 0.5) is 4.79 Å². The van der Waals surface area contributed by atoms with Crippen molar-refractivity contribution in [3.8, 4) is 0 Å². The van der Waals surface area contributed by atoms with E-state index in [2.05, 4.69) is 15.2 Å². The minimum atomic E-state index is -0.829. The number of amides is 1. The summed E-state index contributed by atoms with van der Waals surface area (Å²) in [5.41, 5.74) is 3.70. The van der Waals surface area contributed by atoms with E-state index < -0.39 is 12.1 Å². The molecule has 3 aromatic rings. The van der Waals surface area contributed by atoms with Gasteiger partial charge in [0.2, 0.25) is 0 Å². The first-order valence-corrected chi connectivity index (χ1v) is 8.92. The highest BCUT2D eigenvalue weighted by atomic mass is 16.5.